The Morgan fingerprint density at radius 2 is 2.00 bits per heavy atom. The fraction of sp³-hybridized carbons (Fsp3) is 0.636. The van der Waals surface area contributed by atoms with Gasteiger partial charge in [-0.3, -0.25) is 9.59 Å². The Balaban J connectivity index is 2.81. The van der Waals surface area contributed by atoms with Crippen molar-refractivity contribution in [2.24, 2.45) is 5.41 Å². The van der Waals surface area contributed by atoms with Gasteiger partial charge < -0.3 is 9.47 Å². The molecular weight excluding hydrogens is 196 g/mol. The lowest BCUT2D eigenvalue weighted by Gasteiger charge is -2.30. The molecule has 0 saturated heterocycles. The van der Waals surface area contributed by atoms with Crippen LogP contribution < -0.4 is 0 Å². The maximum Gasteiger partial charge on any atom is 0.312 e. The third-order valence-corrected chi connectivity index (χ3v) is 2.79. The number of ether oxygens (including phenoxy) is 2. The number of methoxy groups -OCH3 is 2. The van der Waals surface area contributed by atoms with E-state index >= 15 is 0 Å². The fourth-order valence-corrected chi connectivity index (χ4v) is 1.87. The van der Waals surface area contributed by atoms with Gasteiger partial charge in [-0.2, -0.15) is 0 Å². The molecule has 0 radical (unpaired) electrons. The summed E-state index contributed by atoms with van der Waals surface area (Å²) in [6.45, 7) is 0. The third kappa shape index (κ3) is 2.58. The Kier molecular flexibility index (Phi) is 3.88. The molecule has 4 nitrogen and oxygen atoms in total. The van der Waals surface area contributed by atoms with Crippen LogP contribution in [0.5, 0.6) is 0 Å². The molecule has 1 unspecified atom stereocenters. The monoisotopic (exact) mass is 212 g/mol. The summed E-state index contributed by atoms with van der Waals surface area (Å²) in [5.41, 5.74) is -0.712. The predicted molar refractivity (Wildman–Crippen MR) is 54.1 cm³/mol. The lowest BCUT2D eigenvalue weighted by Crippen LogP contribution is -2.35. The minimum Gasteiger partial charge on any atom is -0.469 e. The Hall–Kier alpha value is -1.32. The molecule has 0 spiro atoms. The summed E-state index contributed by atoms with van der Waals surface area (Å²) in [7, 11) is 2.67. The molecule has 84 valence electrons. The van der Waals surface area contributed by atoms with Gasteiger partial charge in [-0.05, 0) is 19.3 Å². The van der Waals surface area contributed by atoms with Crippen LogP contribution in [-0.2, 0) is 19.1 Å². The molecule has 0 aromatic heterocycles. The zero-order chi connectivity index (χ0) is 11.3. The molecule has 0 aromatic rings. The minimum absolute atomic E-state index is 0.0977. The molecule has 1 aliphatic rings. The summed E-state index contributed by atoms with van der Waals surface area (Å²) in [5, 5.41) is 0. The standard InChI is InChI=1S/C11H16O4/c1-14-9(12)8-11(10(13)15-2)6-4-3-5-7-11/h3-4H,5-8H2,1-2H3. The second kappa shape index (κ2) is 4.96. The molecule has 0 bridgehead atoms. The summed E-state index contributed by atoms with van der Waals surface area (Å²) < 4.78 is 9.36. The Bertz CT molecular complexity index is 282. The lowest BCUT2D eigenvalue weighted by molar-refractivity contribution is -0.160. The van der Waals surface area contributed by atoms with Gasteiger partial charge in [0.1, 0.15) is 0 Å². The molecule has 0 saturated carbocycles. The highest BCUT2D eigenvalue weighted by atomic mass is 16.5. The smallest absolute Gasteiger partial charge is 0.312 e. The van der Waals surface area contributed by atoms with Gasteiger partial charge in [0.05, 0.1) is 26.1 Å². The van der Waals surface area contributed by atoms with Crippen molar-refractivity contribution >= 4 is 11.9 Å². The second-order valence-electron chi connectivity index (χ2n) is 3.74. The van der Waals surface area contributed by atoms with E-state index in [0.29, 0.717) is 12.8 Å². The van der Waals surface area contributed by atoms with Crippen LogP contribution in [0.1, 0.15) is 25.7 Å². The molecule has 15 heavy (non-hydrogen) atoms. The first-order valence-electron chi connectivity index (χ1n) is 4.95. The van der Waals surface area contributed by atoms with E-state index in [1.54, 1.807) is 0 Å². The summed E-state index contributed by atoms with van der Waals surface area (Å²) in [6, 6.07) is 0. The molecule has 0 aromatic carbocycles. The Morgan fingerprint density at radius 3 is 2.47 bits per heavy atom. The number of rotatable bonds is 3. The number of carbonyl (C=O) groups excluding carboxylic acids is 2. The highest BCUT2D eigenvalue weighted by Gasteiger charge is 2.41. The molecule has 0 heterocycles. The quantitative estimate of drug-likeness (QED) is 0.525. The van der Waals surface area contributed by atoms with Crippen molar-refractivity contribution < 1.29 is 19.1 Å². The van der Waals surface area contributed by atoms with Crippen LogP contribution in [0.2, 0.25) is 0 Å². The SMILES string of the molecule is COC(=O)CC1(C(=O)OC)CC=CCC1. The van der Waals surface area contributed by atoms with Crippen molar-refractivity contribution in [3.8, 4) is 0 Å². The van der Waals surface area contributed by atoms with E-state index in [0.717, 1.165) is 6.42 Å². The maximum atomic E-state index is 11.7. The van der Waals surface area contributed by atoms with Gasteiger partial charge in [0.15, 0.2) is 0 Å². The third-order valence-electron chi connectivity index (χ3n) is 2.79. The van der Waals surface area contributed by atoms with Crippen LogP contribution in [-0.4, -0.2) is 26.2 Å². The van der Waals surface area contributed by atoms with E-state index in [-0.39, 0.29) is 18.4 Å². The molecule has 0 N–H and O–H groups in total. The van der Waals surface area contributed by atoms with Crippen molar-refractivity contribution in [2.45, 2.75) is 25.7 Å². The van der Waals surface area contributed by atoms with Gasteiger partial charge in [0, 0.05) is 0 Å². The Labute approximate surface area is 89.2 Å². The van der Waals surface area contributed by atoms with E-state index in [1.165, 1.54) is 14.2 Å². The van der Waals surface area contributed by atoms with Crippen LogP contribution in [0, 0.1) is 5.41 Å². The largest absolute Gasteiger partial charge is 0.469 e. The number of carbonyl (C=O) groups is 2. The lowest BCUT2D eigenvalue weighted by atomic mass is 9.74. The average Bonchev–Trinajstić information content (AvgIpc) is 2.29. The van der Waals surface area contributed by atoms with Crippen molar-refractivity contribution in [2.75, 3.05) is 14.2 Å². The van der Waals surface area contributed by atoms with Gasteiger partial charge in [-0.1, -0.05) is 12.2 Å². The average molecular weight is 212 g/mol. The summed E-state index contributed by atoms with van der Waals surface area (Å²) in [5.74, 6) is -0.687. The normalized spacial score (nSPS) is 24.7. The summed E-state index contributed by atoms with van der Waals surface area (Å²) in [4.78, 5) is 22.9. The molecule has 0 fully saturated rings. The topological polar surface area (TPSA) is 52.6 Å². The number of hydrogen-bond donors (Lipinski definition) is 0. The van der Waals surface area contributed by atoms with Crippen LogP contribution in [0.3, 0.4) is 0 Å². The number of hydrogen-bond acceptors (Lipinski definition) is 4. The predicted octanol–water partition coefficient (Wildman–Crippen LogP) is 1.45. The zero-order valence-electron chi connectivity index (χ0n) is 9.12. The van der Waals surface area contributed by atoms with Gasteiger partial charge in [-0.15, -0.1) is 0 Å². The first kappa shape index (κ1) is 11.8. The highest BCUT2D eigenvalue weighted by Crippen LogP contribution is 2.37. The summed E-state index contributed by atoms with van der Waals surface area (Å²) in [6.07, 6.45) is 6.02. The van der Waals surface area contributed by atoms with Crippen LogP contribution in [0.15, 0.2) is 12.2 Å². The molecule has 1 rings (SSSR count). The van der Waals surface area contributed by atoms with E-state index in [1.807, 2.05) is 12.2 Å². The van der Waals surface area contributed by atoms with Crippen molar-refractivity contribution in [3.05, 3.63) is 12.2 Å². The fourth-order valence-electron chi connectivity index (χ4n) is 1.87. The first-order chi connectivity index (χ1) is 7.14. The molecule has 4 heteroatoms. The zero-order valence-corrected chi connectivity index (χ0v) is 9.12. The first-order valence-corrected chi connectivity index (χ1v) is 4.95. The van der Waals surface area contributed by atoms with Crippen molar-refractivity contribution in [1.82, 2.24) is 0 Å². The van der Waals surface area contributed by atoms with Gasteiger partial charge in [0.25, 0.3) is 0 Å². The van der Waals surface area contributed by atoms with Crippen LogP contribution in [0.4, 0.5) is 0 Å². The Morgan fingerprint density at radius 1 is 1.27 bits per heavy atom. The van der Waals surface area contributed by atoms with Crippen LogP contribution in [0.25, 0.3) is 0 Å². The van der Waals surface area contributed by atoms with E-state index in [4.69, 9.17) is 4.74 Å². The molecule has 0 amide bonds. The van der Waals surface area contributed by atoms with Gasteiger partial charge in [0.2, 0.25) is 0 Å². The van der Waals surface area contributed by atoms with E-state index in [9.17, 15) is 9.59 Å². The van der Waals surface area contributed by atoms with E-state index < -0.39 is 5.41 Å². The molecular formula is C11H16O4. The number of allylic oxidation sites excluding steroid dienone is 2. The maximum absolute atomic E-state index is 11.7. The van der Waals surface area contributed by atoms with Crippen LogP contribution >= 0.6 is 0 Å². The van der Waals surface area contributed by atoms with E-state index in [2.05, 4.69) is 4.74 Å². The minimum atomic E-state index is -0.712. The second-order valence-corrected chi connectivity index (χ2v) is 3.74. The highest BCUT2D eigenvalue weighted by molar-refractivity contribution is 5.83. The van der Waals surface area contributed by atoms with Gasteiger partial charge in [-0.25, -0.2) is 0 Å². The molecule has 1 aliphatic carbocycles. The van der Waals surface area contributed by atoms with Crippen molar-refractivity contribution in [1.29, 1.82) is 0 Å². The molecule has 0 aliphatic heterocycles. The summed E-state index contributed by atoms with van der Waals surface area (Å²) >= 11 is 0. The number of esters is 2. The molecule has 1 atom stereocenters. The van der Waals surface area contributed by atoms with Gasteiger partial charge >= 0.3 is 11.9 Å². The van der Waals surface area contributed by atoms with Crippen molar-refractivity contribution in [3.63, 3.8) is 0 Å².